The molecule has 0 amide bonds. The fraction of sp³-hybridized carbons (Fsp3) is 0.389. The van der Waals surface area contributed by atoms with Crippen LogP contribution in [0.2, 0.25) is 0 Å². The zero-order valence-corrected chi connectivity index (χ0v) is 14.7. The molecule has 1 aromatic carbocycles. The Balaban J connectivity index is 0.00000182. The number of ether oxygens (including phenoxy) is 1. The highest BCUT2D eigenvalue weighted by molar-refractivity contribution is 5.96. The van der Waals surface area contributed by atoms with Gasteiger partial charge in [-0.2, -0.15) is 0 Å². The Morgan fingerprint density at radius 3 is 2.64 bits per heavy atom. The van der Waals surface area contributed by atoms with E-state index in [-0.39, 0.29) is 19.0 Å². The molecule has 0 spiro atoms. The average molecular weight is 364 g/mol. The molecule has 0 aliphatic carbocycles. The van der Waals surface area contributed by atoms with Crippen LogP contribution in [-0.2, 0) is 4.74 Å². The van der Waals surface area contributed by atoms with Crippen LogP contribution in [0.5, 0.6) is 0 Å². The van der Waals surface area contributed by atoms with Gasteiger partial charge in [0.2, 0.25) is 0 Å². The summed E-state index contributed by atoms with van der Waals surface area (Å²) >= 11 is 0. The number of aliphatic hydroxyl groups is 3. The molecule has 2 aromatic heterocycles. The number of fused-ring (bicyclic) bond motifs is 2. The minimum absolute atomic E-state index is 0. The lowest BCUT2D eigenvalue weighted by atomic mass is 10.0. The molecule has 1 aliphatic rings. The smallest absolute Gasteiger partial charge is 0.162 e. The van der Waals surface area contributed by atoms with Crippen LogP contribution in [0.1, 0.15) is 17.5 Å². The van der Waals surface area contributed by atoms with E-state index in [1.54, 1.807) is 4.57 Å². The van der Waals surface area contributed by atoms with Crippen LogP contribution in [0.25, 0.3) is 21.8 Å². The number of halogens is 1. The van der Waals surface area contributed by atoms with Crippen molar-refractivity contribution in [2.75, 3.05) is 6.61 Å². The van der Waals surface area contributed by atoms with Gasteiger partial charge in [-0.25, -0.2) is 0 Å². The van der Waals surface area contributed by atoms with Crippen molar-refractivity contribution in [1.29, 1.82) is 0 Å². The van der Waals surface area contributed by atoms with E-state index in [0.29, 0.717) is 0 Å². The molecule has 3 aromatic rings. The highest BCUT2D eigenvalue weighted by Crippen LogP contribution is 2.31. The number of hydrogen-bond acceptors (Lipinski definition) is 5. The van der Waals surface area contributed by atoms with E-state index in [2.05, 4.69) is 4.98 Å². The van der Waals surface area contributed by atoms with E-state index in [4.69, 9.17) is 4.74 Å². The summed E-state index contributed by atoms with van der Waals surface area (Å²) in [4.78, 5) is 4.58. The average Bonchev–Trinajstić information content (AvgIpc) is 2.94. The Labute approximate surface area is 151 Å². The number of nitrogens with zero attached hydrogens (tertiary/aromatic N) is 2. The standard InChI is InChI=1S/C18H20N2O4.ClH/c1-9-5-10(2)19-13-6-11-3-4-20(14(11)7-12(9)13)18-17(23)16(22)15(21)8-24-18;/h3-7,15-18,21-23H,8H2,1-2H3;1H/p-1/t15-,16-,17+,18?;/m0./s1. The fourth-order valence-corrected chi connectivity index (χ4v) is 3.47. The van der Waals surface area contributed by atoms with Crippen molar-refractivity contribution in [3.63, 3.8) is 0 Å². The van der Waals surface area contributed by atoms with Gasteiger partial charge in [0.25, 0.3) is 0 Å². The monoisotopic (exact) mass is 363 g/mol. The SMILES string of the molecule is Cc1cc(C)c2cc3c(ccn3C3OC[C@H](O)[C@H](O)[C@H]3O)cc2n1.[Cl-]. The van der Waals surface area contributed by atoms with Gasteiger partial charge >= 0.3 is 0 Å². The molecule has 134 valence electrons. The highest BCUT2D eigenvalue weighted by Gasteiger charge is 2.38. The van der Waals surface area contributed by atoms with Gasteiger partial charge in [-0.3, -0.25) is 4.98 Å². The number of hydrogen-bond donors (Lipinski definition) is 3. The molecule has 4 atom stereocenters. The predicted molar refractivity (Wildman–Crippen MR) is 89.7 cm³/mol. The van der Waals surface area contributed by atoms with Gasteiger partial charge in [-0.1, -0.05) is 0 Å². The van der Waals surface area contributed by atoms with Crippen LogP contribution in [0, 0.1) is 13.8 Å². The van der Waals surface area contributed by atoms with E-state index >= 15 is 0 Å². The Bertz CT molecular complexity index is 926. The fourth-order valence-electron chi connectivity index (χ4n) is 3.47. The van der Waals surface area contributed by atoms with Gasteiger partial charge in [0.05, 0.1) is 17.6 Å². The lowest BCUT2D eigenvalue weighted by Crippen LogP contribution is -3.00. The van der Waals surface area contributed by atoms with Crippen LogP contribution in [-0.4, -0.2) is 49.8 Å². The summed E-state index contributed by atoms with van der Waals surface area (Å²) in [6.45, 7) is 4.00. The summed E-state index contributed by atoms with van der Waals surface area (Å²) < 4.78 is 7.37. The number of benzene rings is 1. The minimum Gasteiger partial charge on any atom is -1.00 e. The van der Waals surface area contributed by atoms with Gasteiger partial charge < -0.3 is 37.0 Å². The van der Waals surface area contributed by atoms with Crippen LogP contribution >= 0.6 is 0 Å². The normalized spacial score (nSPS) is 26.8. The van der Waals surface area contributed by atoms with Gasteiger partial charge in [0.15, 0.2) is 6.23 Å². The highest BCUT2D eigenvalue weighted by atomic mass is 35.5. The Hall–Kier alpha value is -1.70. The molecule has 1 fully saturated rings. The van der Waals surface area contributed by atoms with Crippen LogP contribution < -0.4 is 12.4 Å². The molecule has 0 bridgehead atoms. The maximum atomic E-state index is 10.3. The number of rotatable bonds is 1. The van der Waals surface area contributed by atoms with E-state index in [9.17, 15) is 15.3 Å². The van der Waals surface area contributed by atoms with Gasteiger partial charge in [0, 0.05) is 22.7 Å². The second-order valence-corrected chi connectivity index (χ2v) is 6.50. The summed E-state index contributed by atoms with van der Waals surface area (Å²) in [5, 5.41) is 31.9. The second kappa shape index (κ2) is 6.55. The molecule has 0 saturated carbocycles. The quantitative estimate of drug-likeness (QED) is 0.486. The summed E-state index contributed by atoms with van der Waals surface area (Å²) in [6, 6.07) is 8.01. The molecule has 0 radical (unpaired) electrons. The third-order valence-electron chi connectivity index (χ3n) is 4.73. The van der Waals surface area contributed by atoms with Gasteiger partial charge in [0.1, 0.15) is 18.3 Å². The molecule has 1 unspecified atom stereocenters. The number of aliphatic hydroxyl groups excluding tert-OH is 3. The summed E-state index contributed by atoms with van der Waals surface area (Å²) in [6.07, 6.45) is -2.42. The first-order chi connectivity index (χ1) is 11.5. The molecular formula is C18H20ClN2O4-. The van der Waals surface area contributed by atoms with Gasteiger partial charge in [-0.15, -0.1) is 0 Å². The van der Waals surface area contributed by atoms with Gasteiger partial charge in [-0.05, 0) is 43.7 Å². The van der Waals surface area contributed by atoms with Crippen LogP contribution in [0.3, 0.4) is 0 Å². The maximum Gasteiger partial charge on any atom is 0.162 e. The Morgan fingerprint density at radius 1 is 1.12 bits per heavy atom. The van der Waals surface area contributed by atoms with Crippen molar-refractivity contribution in [2.45, 2.75) is 38.4 Å². The molecule has 3 heterocycles. The lowest BCUT2D eigenvalue weighted by Gasteiger charge is -2.36. The first kappa shape index (κ1) is 18.1. The largest absolute Gasteiger partial charge is 1.00 e. The first-order valence-corrected chi connectivity index (χ1v) is 8.00. The van der Waals surface area contributed by atoms with E-state index in [1.165, 1.54) is 0 Å². The molecule has 1 saturated heterocycles. The van der Waals surface area contributed by atoms with Crippen molar-refractivity contribution in [2.24, 2.45) is 0 Å². The van der Waals surface area contributed by atoms with E-state index < -0.39 is 24.5 Å². The Morgan fingerprint density at radius 2 is 1.88 bits per heavy atom. The summed E-state index contributed by atoms with van der Waals surface area (Å²) in [5.41, 5.74) is 3.93. The van der Waals surface area contributed by atoms with E-state index in [0.717, 1.165) is 33.1 Å². The first-order valence-electron chi connectivity index (χ1n) is 8.00. The maximum absolute atomic E-state index is 10.3. The minimum atomic E-state index is -1.23. The third-order valence-corrected chi connectivity index (χ3v) is 4.73. The molecule has 4 rings (SSSR count). The van der Waals surface area contributed by atoms with Crippen molar-refractivity contribution in [3.05, 3.63) is 41.7 Å². The van der Waals surface area contributed by atoms with Crippen molar-refractivity contribution < 1.29 is 32.5 Å². The molecule has 1 aliphatic heterocycles. The predicted octanol–water partition coefficient (Wildman–Crippen LogP) is -1.58. The van der Waals surface area contributed by atoms with Crippen LogP contribution in [0.15, 0.2) is 30.5 Å². The number of pyridine rings is 1. The zero-order chi connectivity index (χ0) is 17.0. The number of aromatic nitrogens is 2. The molecule has 3 N–H and O–H groups in total. The van der Waals surface area contributed by atoms with Crippen LogP contribution in [0.4, 0.5) is 0 Å². The molecular weight excluding hydrogens is 344 g/mol. The van der Waals surface area contributed by atoms with Crippen molar-refractivity contribution >= 4 is 21.8 Å². The second-order valence-electron chi connectivity index (χ2n) is 6.50. The summed E-state index contributed by atoms with van der Waals surface area (Å²) in [7, 11) is 0. The number of aryl methyl sites for hydroxylation is 2. The molecule has 25 heavy (non-hydrogen) atoms. The van der Waals surface area contributed by atoms with Crippen molar-refractivity contribution in [1.82, 2.24) is 9.55 Å². The lowest BCUT2D eigenvalue weighted by molar-refractivity contribution is -0.209. The zero-order valence-electron chi connectivity index (χ0n) is 13.9. The molecule has 7 heteroatoms. The topological polar surface area (TPSA) is 87.7 Å². The molecule has 6 nitrogen and oxygen atoms in total. The Kier molecular flexibility index (Phi) is 4.74. The summed E-state index contributed by atoms with van der Waals surface area (Å²) in [5.74, 6) is 0. The third kappa shape index (κ3) is 2.90. The van der Waals surface area contributed by atoms with Crippen molar-refractivity contribution in [3.8, 4) is 0 Å². The van der Waals surface area contributed by atoms with E-state index in [1.807, 2.05) is 44.3 Å².